The number of nitrogens with one attached hydrogen (secondary N) is 1. The first-order chi connectivity index (χ1) is 17.2. The molecule has 0 radical (unpaired) electrons. The number of hydrogen-bond donors (Lipinski definition) is 1. The fourth-order valence-corrected chi connectivity index (χ4v) is 6.11. The van der Waals surface area contributed by atoms with Gasteiger partial charge in [-0.2, -0.15) is 0 Å². The second-order valence-corrected chi connectivity index (χ2v) is 11.5. The number of benzene rings is 3. The van der Waals surface area contributed by atoms with Gasteiger partial charge in [0.2, 0.25) is 5.91 Å². The third kappa shape index (κ3) is 5.37. The molecule has 1 aliphatic rings. The first-order valence-corrected chi connectivity index (χ1v) is 13.9. The first kappa shape index (κ1) is 26.0. The van der Waals surface area contributed by atoms with Crippen LogP contribution in [0.3, 0.4) is 0 Å². The number of sulfonamides is 1. The molecule has 0 spiro atoms. The largest absolute Gasteiger partial charge is 0.487 e. The molecule has 1 atom stereocenters. The molecule has 0 aliphatic carbocycles. The Kier molecular flexibility index (Phi) is 7.62. The van der Waals surface area contributed by atoms with Crippen molar-refractivity contribution in [2.75, 3.05) is 10.8 Å². The van der Waals surface area contributed by atoms with Gasteiger partial charge in [-0.3, -0.25) is 9.10 Å². The van der Waals surface area contributed by atoms with Gasteiger partial charge in [0.25, 0.3) is 10.0 Å². The number of fused-ring (bicyclic) bond motifs is 1. The summed E-state index contributed by atoms with van der Waals surface area (Å²) in [6.45, 7) is 5.67. The molecule has 36 heavy (non-hydrogen) atoms. The van der Waals surface area contributed by atoms with Crippen molar-refractivity contribution in [2.45, 2.75) is 56.6 Å². The number of ether oxygens (including phenoxy) is 1. The van der Waals surface area contributed by atoms with Crippen molar-refractivity contribution in [3.63, 3.8) is 0 Å². The van der Waals surface area contributed by atoms with E-state index in [9.17, 15) is 13.2 Å². The number of hydrogen-bond acceptors (Lipinski definition) is 4. The SMILES string of the molecule is CCC1(CC)C[C@@H](NC(=O)CN(c2ccc(Cl)cc2)S(=O)(=O)c2ccc(C)cc2)c2ccccc2O1. The summed E-state index contributed by atoms with van der Waals surface area (Å²) in [5.74, 6) is 0.350. The molecule has 1 N–H and O–H groups in total. The normalized spacial score (nSPS) is 16.5. The van der Waals surface area contributed by atoms with Gasteiger partial charge < -0.3 is 10.1 Å². The van der Waals surface area contributed by atoms with Crippen LogP contribution in [0.2, 0.25) is 5.02 Å². The van der Waals surface area contributed by atoms with E-state index in [4.69, 9.17) is 16.3 Å². The molecule has 0 saturated heterocycles. The highest BCUT2D eigenvalue weighted by molar-refractivity contribution is 7.92. The van der Waals surface area contributed by atoms with Crippen molar-refractivity contribution in [3.8, 4) is 5.75 Å². The van der Waals surface area contributed by atoms with Crippen LogP contribution in [0.25, 0.3) is 0 Å². The molecule has 6 nitrogen and oxygen atoms in total. The summed E-state index contributed by atoms with van der Waals surface area (Å²) in [5.41, 5.74) is 1.80. The number of amides is 1. The maximum atomic E-state index is 13.6. The van der Waals surface area contributed by atoms with Crippen LogP contribution >= 0.6 is 11.6 Å². The fourth-order valence-electron chi connectivity index (χ4n) is 4.56. The summed E-state index contributed by atoms with van der Waals surface area (Å²) in [5, 5.41) is 3.57. The number of para-hydroxylation sites is 1. The third-order valence-corrected chi connectivity index (χ3v) is 8.87. The monoisotopic (exact) mass is 526 g/mol. The molecule has 1 heterocycles. The Bertz CT molecular complexity index is 1320. The molecule has 190 valence electrons. The van der Waals surface area contributed by atoms with E-state index in [1.807, 2.05) is 31.2 Å². The second-order valence-electron chi connectivity index (χ2n) is 9.16. The van der Waals surface area contributed by atoms with Gasteiger partial charge in [0.1, 0.15) is 17.9 Å². The number of halogens is 1. The lowest BCUT2D eigenvalue weighted by atomic mass is 9.83. The Labute approximate surface area is 218 Å². The number of anilines is 1. The van der Waals surface area contributed by atoms with Crippen LogP contribution < -0.4 is 14.4 Å². The number of nitrogens with zero attached hydrogens (tertiary/aromatic N) is 1. The molecule has 0 aromatic heterocycles. The Balaban J connectivity index is 1.65. The van der Waals surface area contributed by atoms with Gasteiger partial charge >= 0.3 is 0 Å². The predicted octanol–water partition coefficient (Wildman–Crippen LogP) is 6.04. The van der Waals surface area contributed by atoms with Crippen molar-refractivity contribution in [1.29, 1.82) is 0 Å². The van der Waals surface area contributed by atoms with E-state index >= 15 is 0 Å². The molecule has 0 saturated carbocycles. The van der Waals surface area contributed by atoms with Gasteiger partial charge in [0, 0.05) is 17.0 Å². The van der Waals surface area contributed by atoms with E-state index in [-0.39, 0.29) is 17.5 Å². The highest BCUT2D eigenvalue weighted by Crippen LogP contribution is 2.42. The maximum Gasteiger partial charge on any atom is 0.264 e. The number of carbonyl (C=O) groups excluding carboxylic acids is 1. The van der Waals surface area contributed by atoms with E-state index in [2.05, 4.69) is 19.2 Å². The van der Waals surface area contributed by atoms with Crippen LogP contribution in [0.15, 0.2) is 77.7 Å². The van der Waals surface area contributed by atoms with Gasteiger partial charge in [-0.25, -0.2) is 8.42 Å². The molecule has 3 aromatic carbocycles. The van der Waals surface area contributed by atoms with Crippen LogP contribution in [-0.2, 0) is 14.8 Å². The molecule has 1 amide bonds. The molecule has 8 heteroatoms. The van der Waals surface area contributed by atoms with Gasteiger partial charge in [-0.15, -0.1) is 0 Å². The lowest BCUT2D eigenvalue weighted by Gasteiger charge is -2.41. The third-order valence-electron chi connectivity index (χ3n) is 6.83. The first-order valence-electron chi connectivity index (χ1n) is 12.1. The summed E-state index contributed by atoms with van der Waals surface area (Å²) < 4.78 is 34.8. The number of rotatable bonds is 8. The van der Waals surface area contributed by atoms with Crippen LogP contribution in [0.1, 0.15) is 50.3 Å². The minimum atomic E-state index is -4.01. The molecule has 0 bridgehead atoms. The van der Waals surface area contributed by atoms with E-state index in [1.165, 1.54) is 0 Å². The van der Waals surface area contributed by atoms with E-state index < -0.39 is 21.5 Å². The summed E-state index contributed by atoms with van der Waals surface area (Å²) in [7, 11) is -4.01. The van der Waals surface area contributed by atoms with E-state index in [0.717, 1.165) is 34.0 Å². The molecular formula is C28H31ClN2O4S. The summed E-state index contributed by atoms with van der Waals surface area (Å²) in [6.07, 6.45) is 2.19. The molecule has 3 aromatic rings. The zero-order valence-electron chi connectivity index (χ0n) is 20.7. The van der Waals surface area contributed by atoms with Crippen molar-refractivity contribution < 1.29 is 17.9 Å². The number of carbonyl (C=O) groups is 1. The standard InChI is InChI=1S/C28H31ClN2O4S/c1-4-28(5-2)18-25(24-8-6-7-9-26(24)35-28)30-27(32)19-31(22-14-12-21(29)13-15-22)36(33,34)23-16-10-20(3)11-17-23/h6-17,25H,4-5,18-19H2,1-3H3,(H,30,32)/t25-/m1/s1. The van der Waals surface area contributed by atoms with E-state index in [0.29, 0.717) is 17.1 Å². The zero-order valence-corrected chi connectivity index (χ0v) is 22.3. The average Bonchev–Trinajstić information content (AvgIpc) is 2.88. The Morgan fingerprint density at radius 1 is 1.03 bits per heavy atom. The van der Waals surface area contributed by atoms with Crippen molar-refractivity contribution >= 4 is 33.2 Å². The maximum absolute atomic E-state index is 13.6. The molecular weight excluding hydrogens is 496 g/mol. The van der Waals surface area contributed by atoms with Gasteiger partial charge in [-0.05, 0) is 62.2 Å². The van der Waals surface area contributed by atoms with Crippen LogP contribution in [-0.4, -0.2) is 26.5 Å². The number of aryl methyl sites for hydroxylation is 1. The lowest BCUT2D eigenvalue weighted by molar-refractivity contribution is -0.121. The van der Waals surface area contributed by atoms with Gasteiger partial charge in [-0.1, -0.05) is 61.3 Å². The zero-order chi connectivity index (χ0) is 25.9. The highest BCUT2D eigenvalue weighted by atomic mass is 35.5. The minimum absolute atomic E-state index is 0.114. The quantitative estimate of drug-likeness (QED) is 0.388. The molecule has 4 rings (SSSR count). The smallest absolute Gasteiger partial charge is 0.264 e. The predicted molar refractivity (Wildman–Crippen MR) is 143 cm³/mol. The van der Waals surface area contributed by atoms with Crippen LogP contribution in [0.4, 0.5) is 5.69 Å². The van der Waals surface area contributed by atoms with Crippen molar-refractivity contribution in [3.05, 3.63) is 88.9 Å². The van der Waals surface area contributed by atoms with Crippen molar-refractivity contribution in [2.24, 2.45) is 0 Å². The topological polar surface area (TPSA) is 75.7 Å². The summed E-state index contributed by atoms with van der Waals surface area (Å²) in [6, 6.07) is 20.4. The lowest BCUT2D eigenvalue weighted by Crippen LogP contribution is -2.47. The van der Waals surface area contributed by atoms with Crippen molar-refractivity contribution in [1.82, 2.24) is 5.32 Å². The second kappa shape index (κ2) is 10.5. The average molecular weight is 527 g/mol. The van der Waals surface area contributed by atoms with Crippen LogP contribution in [0.5, 0.6) is 5.75 Å². The van der Waals surface area contributed by atoms with Gasteiger partial charge in [0.15, 0.2) is 0 Å². The molecule has 0 unspecified atom stereocenters. The summed E-state index contributed by atoms with van der Waals surface area (Å²) >= 11 is 6.04. The Morgan fingerprint density at radius 2 is 1.67 bits per heavy atom. The van der Waals surface area contributed by atoms with E-state index in [1.54, 1.807) is 48.5 Å². The minimum Gasteiger partial charge on any atom is -0.487 e. The van der Waals surface area contributed by atoms with Gasteiger partial charge in [0.05, 0.1) is 16.6 Å². The highest BCUT2D eigenvalue weighted by Gasteiger charge is 2.39. The fraction of sp³-hybridized carbons (Fsp3) is 0.321. The molecule has 1 aliphatic heterocycles. The Hall–Kier alpha value is -3.03. The summed E-state index contributed by atoms with van der Waals surface area (Å²) in [4.78, 5) is 13.5. The molecule has 0 fully saturated rings. The van der Waals surface area contributed by atoms with Crippen LogP contribution in [0, 0.1) is 6.92 Å². The Morgan fingerprint density at radius 3 is 2.31 bits per heavy atom.